The molecule has 0 aliphatic carbocycles. The first-order valence-electron chi connectivity index (χ1n) is 11.6. The largest absolute Gasteiger partial charge is 0.467 e. The fourth-order valence-corrected chi connectivity index (χ4v) is 5.43. The molecule has 1 amide bonds. The van der Waals surface area contributed by atoms with Crippen molar-refractivity contribution in [2.24, 2.45) is 5.92 Å². The van der Waals surface area contributed by atoms with Gasteiger partial charge in [-0.2, -0.15) is 4.31 Å². The van der Waals surface area contributed by atoms with Crippen molar-refractivity contribution in [1.82, 2.24) is 9.21 Å². The Morgan fingerprint density at radius 3 is 2.43 bits per heavy atom. The molecule has 0 saturated heterocycles. The van der Waals surface area contributed by atoms with E-state index in [-0.39, 0.29) is 42.9 Å². The van der Waals surface area contributed by atoms with Crippen LogP contribution in [-0.2, 0) is 27.9 Å². The van der Waals surface area contributed by atoms with Crippen LogP contribution in [-0.4, -0.2) is 48.3 Å². The minimum absolute atomic E-state index is 0.0759. The van der Waals surface area contributed by atoms with Gasteiger partial charge in [-0.1, -0.05) is 19.9 Å². The van der Waals surface area contributed by atoms with Gasteiger partial charge in [-0.05, 0) is 47.9 Å². The van der Waals surface area contributed by atoms with Crippen molar-refractivity contribution in [3.05, 3.63) is 82.3 Å². The lowest BCUT2D eigenvalue weighted by molar-refractivity contribution is -0.384. The minimum Gasteiger partial charge on any atom is -0.467 e. The molecule has 0 N–H and O–H groups in total. The minimum atomic E-state index is -4.11. The van der Waals surface area contributed by atoms with Crippen molar-refractivity contribution < 1.29 is 32.0 Å². The molecule has 2 heterocycles. The second kappa shape index (κ2) is 11.0. The third kappa shape index (κ3) is 6.27. The highest BCUT2D eigenvalue weighted by Crippen LogP contribution is 2.33. The molecule has 1 aliphatic heterocycles. The highest BCUT2D eigenvalue weighted by atomic mass is 32.2. The highest BCUT2D eigenvalue weighted by Gasteiger charge is 2.30. The van der Waals surface area contributed by atoms with E-state index in [4.69, 9.17) is 13.9 Å². The van der Waals surface area contributed by atoms with Crippen LogP contribution in [0.5, 0.6) is 11.5 Å². The molecule has 12 heteroatoms. The number of nitro benzene ring substituents is 1. The Kier molecular flexibility index (Phi) is 7.79. The van der Waals surface area contributed by atoms with Gasteiger partial charge in [-0.3, -0.25) is 14.9 Å². The molecule has 3 aromatic rings. The first-order valence-corrected chi connectivity index (χ1v) is 13.0. The summed E-state index contributed by atoms with van der Waals surface area (Å²) in [5, 5.41) is 11.0. The topological polar surface area (TPSA) is 132 Å². The van der Waals surface area contributed by atoms with E-state index in [1.165, 1.54) is 23.3 Å². The zero-order valence-electron chi connectivity index (χ0n) is 20.4. The van der Waals surface area contributed by atoms with Crippen molar-refractivity contribution >= 4 is 21.6 Å². The number of non-ortho nitro benzene ring substituents is 1. The lowest BCUT2D eigenvalue weighted by atomic mass is 10.2. The zero-order valence-corrected chi connectivity index (χ0v) is 21.2. The van der Waals surface area contributed by atoms with Gasteiger partial charge in [0.1, 0.15) is 5.76 Å². The summed E-state index contributed by atoms with van der Waals surface area (Å²) in [4.78, 5) is 25.3. The molecule has 196 valence electrons. The van der Waals surface area contributed by atoms with E-state index in [0.717, 1.165) is 22.0 Å². The quantitative estimate of drug-likeness (QED) is 0.271. The molecule has 0 bridgehead atoms. The van der Waals surface area contributed by atoms with Crippen molar-refractivity contribution in [3.63, 3.8) is 0 Å². The number of furan rings is 1. The van der Waals surface area contributed by atoms with E-state index in [1.54, 1.807) is 24.3 Å². The van der Waals surface area contributed by atoms with E-state index >= 15 is 0 Å². The number of rotatable bonds is 11. The molecular weight excluding hydrogens is 502 g/mol. The molecule has 1 aromatic heterocycles. The molecule has 2 aromatic carbocycles. The number of carbonyl (C=O) groups is 1. The van der Waals surface area contributed by atoms with Crippen LogP contribution < -0.4 is 9.47 Å². The van der Waals surface area contributed by atoms with Crippen LogP contribution in [0.3, 0.4) is 0 Å². The Bertz CT molecular complexity index is 1360. The molecule has 0 saturated carbocycles. The summed E-state index contributed by atoms with van der Waals surface area (Å²) in [5.41, 5.74) is 0.552. The lowest BCUT2D eigenvalue weighted by Crippen LogP contribution is -2.43. The van der Waals surface area contributed by atoms with Crippen LogP contribution in [0.25, 0.3) is 0 Å². The first kappa shape index (κ1) is 26.2. The molecular formula is C25H27N3O8S. The Labute approximate surface area is 214 Å². The molecule has 0 unspecified atom stereocenters. The van der Waals surface area contributed by atoms with Gasteiger partial charge in [0.25, 0.3) is 5.69 Å². The smallest absolute Gasteiger partial charge is 0.269 e. The van der Waals surface area contributed by atoms with E-state index in [9.17, 15) is 23.3 Å². The maximum Gasteiger partial charge on any atom is 0.269 e. The second-order valence-electron chi connectivity index (χ2n) is 8.96. The van der Waals surface area contributed by atoms with Gasteiger partial charge in [0.15, 0.2) is 11.5 Å². The number of hydrogen-bond donors (Lipinski definition) is 0. The van der Waals surface area contributed by atoms with Crippen LogP contribution in [0.15, 0.2) is 70.2 Å². The van der Waals surface area contributed by atoms with Crippen molar-refractivity contribution in [1.29, 1.82) is 0 Å². The summed E-state index contributed by atoms with van der Waals surface area (Å²) in [6.07, 6.45) is 1.50. The van der Waals surface area contributed by atoms with Gasteiger partial charge in [0.2, 0.25) is 22.7 Å². The van der Waals surface area contributed by atoms with Crippen LogP contribution in [0.2, 0.25) is 0 Å². The fourth-order valence-electron chi connectivity index (χ4n) is 3.88. The van der Waals surface area contributed by atoms with Crippen LogP contribution in [0, 0.1) is 16.0 Å². The number of hydrogen-bond acceptors (Lipinski definition) is 8. The molecule has 4 rings (SSSR count). The zero-order chi connectivity index (χ0) is 26.6. The normalized spacial score (nSPS) is 12.8. The van der Waals surface area contributed by atoms with Crippen molar-refractivity contribution in [2.45, 2.75) is 31.8 Å². The second-order valence-corrected chi connectivity index (χ2v) is 10.9. The summed E-state index contributed by atoms with van der Waals surface area (Å²) in [7, 11) is -4.11. The molecule has 1 aliphatic rings. The lowest BCUT2D eigenvalue weighted by Gasteiger charge is -2.28. The summed E-state index contributed by atoms with van der Waals surface area (Å²) < 4.78 is 44.2. The summed E-state index contributed by atoms with van der Waals surface area (Å²) >= 11 is 0. The Balaban J connectivity index is 1.59. The van der Waals surface area contributed by atoms with Gasteiger partial charge >= 0.3 is 0 Å². The number of nitrogens with zero attached hydrogens (tertiary/aromatic N) is 3. The average molecular weight is 530 g/mol. The van der Waals surface area contributed by atoms with E-state index < -0.39 is 27.4 Å². The van der Waals surface area contributed by atoms with Gasteiger partial charge in [0, 0.05) is 25.2 Å². The van der Waals surface area contributed by atoms with E-state index in [0.29, 0.717) is 17.3 Å². The van der Waals surface area contributed by atoms with Gasteiger partial charge in [0.05, 0.1) is 29.2 Å². The van der Waals surface area contributed by atoms with Crippen LogP contribution in [0.1, 0.15) is 25.2 Å². The van der Waals surface area contributed by atoms with E-state index in [1.807, 2.05) is 19.9 Å². The summed E-state index contributed by atoms with van der Waals surface area (Å²) in [6, 6.07) is 13.4. The number of amides is 1. The predicted molar refractivity (Wildman–Crippen MR) is 132 cm³/mol. The standard InChI is InChI=1S/C25H27N3O8S/c1-18(2)13-27(37(32,33)22-8-6-20(7-9-22)28(30)31)16-25(29)26(15-21-4-3-11-34-21)14-19-5-10-23-24(12-19)36-17-35-23/h3-12,18H,13-17H2,1-2H3. The number of benzene rings is 2. The summed E-state index contributed by atoms with van der Waals surface area (Å²) in [6.45, 7) is 3.80. The average Bonchev–Trinajstić information content (AvgIpc) is 3.54. The molecule has 11 nitrogen and oxygen atoms in total. The van der Waals surface area contributed by atoms with Gasteiger partial charge < -0.3 is 18.8 Å². The van der Waals surface area contributed by atoms with Crippen LogP contribution in [0.4, 0.5) is 5.69 Å². The first-order chi connectivity index (χ1) is 17.6. The highest BCUT2D eigenvalue weighted by molar-refractivity contribution is 7.89. The van der Waals surface area contributed by atoms with Gasteiger partial charge in [-0.15, -0.1) is 0 Å². The van der Waals surface area contributed by atoms with Crippen molar-refractivity contribution in [3.8, 4) is 11.5 Å². The molecule has 0 fully saturated rings. The van der Waals surface area contributed by atoms with Crippen molar-refractivity contribution in [2.75, 3.05) is 19.9 Å². The maximum atomic E-state index is 13.6. The maximum absolute atomic E-state index is 13.6. The number of fused-ring (bicyclic) bond motifs is 1. The fraction of sp³-hybridized carbons (Fsp3) is 0.320. The Hall–Kier alpha value is -3.90. The number of nitro groups is 1. The molecule has 0 radical (unpaired) electrons. The Morgan fingerprint density at radius 1 is 1.05 bits per heavy atom. The number of ether oxygens (including phenoxy) is 2. The number of carbonyl (C=O) groups excluding carboxylic acids is 1. The summed E-state index contributed by atoms with van der Waals surface area (Å²) in [5.74, 6) is 1.23. The molecule has 0 spiro atoms. The van der Waals surface area contributed by atoms with E-state index in [2.05, 4.69) is 0 Å². The third-order valence-electron chi connectivity index (χ3n) is 5.66. The SMILES string of the molecule is CC(C)CN(CC(=O)N(Cc1ccc2c(c1)OCO2)Cc1ccco1)S(=O)(=O)c1ccc([N+](=O)[O-])cc1. The van der Waals surface area contributed by atoms with Crippen LogP contribution >= 0.6 is 0 Å². The molecule has 37 heavy (non-hydrogen) atoms. The molecule has 0 atom stereocenters. The monoisotopic (exact) mass is 529 g/mol. The number of sulfonamides is 1. The predicted octanol–water partition coefficient (Wildman–Crippen LogP) is 3.79. The Morgan fingerprint density at radius 2 is 1.78 bits per heavy atom. The third-order valence-corrected chi connectivity index (χ3v) is 7.48. The van der Waals surface area contributed by atoms with Gasteiger partial charge in [-0.25, -0.2) is 8.42 Å².